The van der Waals surface area contributed by atoms with Crippen LogP contribution >= 0.6 is 0 Å². The lowest BCUT2D eigenvalue weighted by molar-refractivity contribution is -0.508. The Kier molecular flexibility index (Phi) is 3.31. The molecule has 0 aliphatic carbocycles. The Bertz CT molecular complexity index is 344. The molecule has 0 aliphatic heterocycles. The Morgan fingerprint density at radius 1 is 1.40 bits per heavy atom. The Hall–Kier alpha value is -1.56. The van der Waals surface area contributed by atoms with Gasteiger partial charge in [0, 0.05) is 4.92 Å². The number of hydrogen-bond donors (Lipinski definition) is 1. The van der Waals surface area contributed by atoms with E-state index in [0.29, 0.717) is 0 Å². The molecule has 1 N–H and O–H groups in total. The highest BCUT2D eigenvalue weighted by Gasteiger charge is 2.44. The smallest absolute Gasteiger partial charge is 0.277 e. The molecule has 0 saturated carbocycles. The highest BCUT2D eigenvalue weighted by Crippen LogP contribution is 2.28. The third-order valence-electron chi connectivity index (χ3n) is 2.00. The van der Waals surface area contributed by atoms with Gasteiger partial charge in [0.1, 0.15) is 0 Å². The average molecular weight is 217 g/mol. The molecule has 1 aromatic rings. The molecule has 0 aliphatic rings. The van der Waals surface area contributed by atoms with Gasteiger partial charge in [-0.2, -0.15) is 0 Å². The predicted octanol–water partition coefficient (Wildman–Crippen LogP) is 1.42. The zero-order valence-electron chi connectivity index (χ0n) is 7.64. The normalized spacial score (nSPS) is 14.9. The summed E-state index contributed by atoms with van der Waals surface area (Å²) in [5, 5.41) is 19.7. The third kappa shape index (κ3) is 2.47. The first-order valence-corrected chi connectivity index (χ1v) is 4.14. The zero-order chi connectivity index (χ0) is 11.5. The Morgan fingerprint density at radius 3 is 2.33 bits per heavy atom. The van der Waals surface area contributed by atoms with Gasteiger partial charge in [0.05, 0.1) is 0 Å². The van der Waals surface area contributed by atoms with Crippen LogP contribution in [0.5, 0.6) is 0 Å². The Labute approximate surface area is 84.3 Å². The summed E-state index contributed by atoms with van der Waals surface area (Å²) in [7, 11) is 0. The fourth-order valence-corrected chi connectivity index (χ4v) is 1.21. The molecule has 15 heavy (non-hydrogen) atoms. The number of rotatable bonds is 4. The highest BCUT2D eigenvalue weighted by atomic mass is 19.3. The molecule has 1 atom stereocenters. The second-order valence-electron chi connectivity index (χ2n) is 3.08. The fraction of sp³-hybridized carbons (Fsp3) is 0.333. The standard InChI is InChI=1S/C9H9F2NO3/c10-8(11)9(13,6-12(14)15)7-4-2-1-3-5-7/h1-5,8,13H,6H2. The van der Waals surface area contributed by atoms with E-state index >= 15 is 0 Å². The molecule has 0 aromatic heterocycles. The molecule has 1 aromatic carbocycles. The first-order chi connectivity index (χ1) is 6.97. The van der Waals surface area contributed by atoms with E-state index in [1.165, 1.54) is 24.3 Å². The topological polar surface area (TPSA) is 63.4 Å². The van der Waals surface area contributed by atoms with Crippen LogP contribution in [0.1, 0.15) is 5.56 Å². The molecule has 0 fully saturated rings. The minimum absolute atomic E-state index is 0.156. The monoisotopic (exact) mass is 217 g/mol. The first-order valence-electron chi connectivity index (χ1n) is 4.14. The van der Waals surface area contributed by atoms with Crippen LogP contribution in [-0.2, 0) is 5.60 Å². The van der Waals surface area contributed by atoms with Crippen molar-refractivity contribution in [1.29, 1.82) is 0 Å². The number of alkyl halides is 2. The molecule has 4 nitrogen and oxygen atoms in total. The molecule has 0 heterocycles. The van der Waals surface area contributed by atoms with Crippen LogP contribution in [0.15, 0.2) is 30.3 Å². The molecule has 0 radical (unpaired) electrons. The van der Waals surface area contributed by atoms with E-state index in [0.717, 1.165) is 0 Å². The lowest BCUT2D eigenvalue weighted by atomic mass is 9.94. The van der Waals surface area contributed by atoms with Gasteiger partial charge in [-0.25, -0.2) is 8.78 Å². The average Bonchev–Trinajstić information content (AvgIpc) is 2.17. The minimum atomic E-state index is -3.20. The number of nitro groups is 1. The van der Waals surface area contributed by atoms with Gasteiger partial charge < -0.3 is 5.11 Å². The fourth-order valence-electron chi connectivity index (χ4n) is 1.21. The molecule has 0 bridgehead atoms. The van der Waals surface area contributed by atoms with E-state index < -0.39 is 23.5 Å². The van der Waals surface area contributed by atoms with Crippen LogP contribution in [0.4, 0.5) is 8.78 Å². The van der Waals surface area contributed by atoms with Crippen molar-refractivity contribution >= 4 is 0 Å². The van der Waals surface area contributed by atoms with E-state index in [9.17, 15) is 24.0 Å². The molecule has 82 valence electrons. The van der Waals surface area contributed by atoms with Crippen molar-refractivity contribution in [2.45, 2.75) is 12.0 Å². The van der Waals surface area contributed by atoms with E-state index in [-0.39, 0.29) is 5.56 Å². The molecular weight excluding hydrogens is 208 g/mol. The van der Waals surface area contributed by atoms with Crippen molar-refractivity contribution in [3.63, 3.8) is 0 Å². The van der Waals surface area contributed by atoms with Gasteiger partial charge in [0.2, 0.25) is 12.1 Å². The number of benzene rings is 1. The lowest BCUT2D eigenvalue weighted by Gasteiger charge is -2.23. The summed E-state index contributed by atoms with van der Waals surface area (Å²) in [6.45, 7) is -1.21. The Balaban J connectivity index is 3.07. The molecule has 1 rings (SSSR count). The summed E-state index contributed by atoms with van der Waals surface area (Å²) in [5.41, 5.74) is -2.87. The molecule has 0 saturated heterocycles. The van der Waals surface area contributed by atoms with Crippen LogP contribution in [-0.4, -0.2) is 23.0 Å². The number of halogens is 2. The largest absolute Gasteiger partial charge is 0.374 e. The Morgan fingerprint density at radius 2 is 1.93 bits per heavy atom. The maximum atomic E-state index is 12.6. The molecule has 6 heteroatoms. The summed E-state index contributed by atoms with van der Waals surface area (Å²) in [5.74, 6) is 0. The van der Waals surface area contributed by atoms with Gasteiger partial charge in [0.15, 0.2) is 0 Å². The van der Waals surface area contributed by atoms with Crippen LogP contribution in [0.3, 0.4) is 0 Å². The van der Waals surface area contributed by atoms with Crippen molar-refractivity contribution in [2.24, 2.45) is 0 Å². The van der Waals surface area contributed by atoms with Crippen molar-refractivity contribution in [1.82, 2.24) is 0 Å². The summed E-state index contributed by atoms with van der Waals surface area (Å²) in [6.07, 6.45) is -3.20. The quantitative estimate of drug-likeness (QED) is 0.612. The SMILES string of the molecule is O=[N+]([O-])CC(O)(c1ccccc1)C(F)F. The summed E-state index contributed by atoms with van der Waals surface area (Å²) < 4.78 is 25.2. The van der Waals surface area contributed by atoms with Crippen LogP contribution in [0.25, 0.3) is 0 Å². The summed E-state index contributed by atoms with van der Waals surface area (Å²) in [6, 6.07) is 6.90. The maximum Gasteiger partial charge on any atom is 0.277 e. The highest BCUT2D eigenvalue weighted by molar-refractivity contribution is 5.23. The molecular formula is C9H9F2NO3. The van der Waals surface area contributed by atoms with Crippen molar-refractivity contribution in [2.75, 3.05) is 6.54 Å². The van der Waals surface area contributed by atoms with Crippen LogP contribution in [0, 0.1) is 10.1 Å². The van der Waals surface area contributed by atoms with Gasteiger partial charge in [0.25, 0.3) is 6.43 Å². The minimum Gasteiger partial charge on any atom is -0.374 e. The van der Waals surface area contributed by atoms with Gasteiger partial charge in [-0.15, -0.1) is 0 Å². The van der Waals surface area contributed by atoms with Crippen LogP contribution < -0.4 is 0 Å². The first kappa shape index (κ1) is 11.5. The zero-order valence-corrected chi connectivity index (χ0v) is 7.64. The van der Waals surface area contributed by atoms with Gasteiger partial charge in [-0.1, -0.05) is 30.3 Å². The number of hydrogen-bond acceptors (Lipinski definition) is 3. The van der Waals surface area contributed by atoms with Gasteiger partial charge in [-0.3, -0.25) is 10.1 Å². The van der Waals surface area contributed by atoms with E-state index in [2.05, 4.69) is 0 Å². The second-order valence-corrected chi connectivity index (χ2v) is 3.08. The summed E-state index contributed by atoms with van der Waals surface area (Å²) in [4.78, 5) is 9.25. The van der Waals surface area contributed by atoms with Crippen LogP contribution in [0.2, 0.25) is 0 Å². The second kappa shape index (κ2) is 4.31. The number of nitrogens with zero attached hydrogens (tertiary/aromatic N) is 1. The number of aliphatic hydroxyl groups is 1. The maximum absolute atomic E-state index is 12.6. The van der Waals surface area contributed by atoms with Crippen molar-refractivity contribution in [3.8, 4) is 0 Å². The van der Waals surface area contributed by atoms with E-state index in [4.69, 9.17) is 0 Å². The molecule has 0 amide bonds. The molecule has 1 unspecified atom stereocenters. The van der Waals surface area contributed by atoms with Crippen molar-refractivity contribution < 1.29 is 18.8 Å². The lowest BCUT2D eigenvalue weighted by Crippen LogP contribution is -2.41. The van der Waals surface area contributed by atoms with E-state index in [1.54, 1.807) is 6.07 Å². The summed E-state index contributed by atoms with van der Waals surface area (Å²) >= 11 is 0. The third-order valence-corrected chi connectivity index (χ3v) is 2.00. The predicted molar refractivity (Wildman–Crippen MR) is 48.2 cm³/mol. The molecule has 0 spiro atoms. The van der Waals surface area contributed by atoms with E-state index in [1.807, 2.05) is 0 Å². The van der Waals surface area contributed by atoms with Gasteiger partial charge in [-0.05, 0) is 5.56 Å². The van der Waals surface area contributed by atoms with Gasteiger partial charge >= 0.3 is 0 Å². The van der Waals surface area contributed by atoms with Crippen molar-refractivity contribution in [3.05, 3.63) is 46.0 Å².